The van der Waals surface area contributed by atoms with E-state index in [-0.39, 0.29) is 30.4 Å². The van der Waals surface area contributed by atoms with Gasteiger partial charge in [0.1, 0.15) is 6.04 Å². The van der Waals surface area contributed by atoms with Gasteiger partial charge in [-0.25, -0.2) is 0 Å². The first kappa shape index (κ1) is 28.9. The van der Waals surface area contributed by atoms with Gasteiger partial charge < -0.3 is 19.8 Å². The van der Waals surface area contributed by atoms with Crippen LogP contribution in [0.15, 0.2) is 54.6 Å². The number of benzene rings is 1. The summed E-state index contributed by atoms with van der Waals surface area (Å²) >= 11 is 1.61. The molecule has 4 aliphatic rings. The number of hydrogen-bond acceptors (Lipinski definition) is 5. The van der Waals surface area contributed by atoms with E-state index in [9.17, 15) is 19.5 Å². The molecule has 2 unspecified atom stereocenters. The zero-order chi connectivity index (χ0) is 28.7. The minimum absolute atomic E-state index is 0.0115. The summed E-state index contributed by atoms with van der Waals surface area (Å²) in [5.41, 5.74) is 0.994. The zero-order valence-electron chi connectivity index (χ0n) is 24.2. The van der Waals surface area contributed by atoms with E-state index >= 15 is 0 Å². The van der Waals surface area contributed by atoms with Crippen LogP contribution in [0.2, 0.25) is 0 Å². The van der Waals surface area contributed by atoms with Crippen molar-refractivity contribution in [3.05, 3.63) is 60.2 Å². The lowest BCUT2D eigenvalue weighted by atomic mass is 9.74. The van der Waals surface area contributed by atoms with E-state index < -0.39 is 33.4 Å². The molecule has 0 aliphatic carbocycles. The Labute approximate surface area is 242 Å². The van der Waals surface area contributed by atoms with E-state index in [1.54, 1.807) is 16.7 Å². The van der Waals surface area contributed by atoms with E-state index in [0.29, 0.717) is 26.1 Å². The van der Waals surface area contributed by atoms with Crippen molar-refractivity contribution in [3.63, 3.8) is 0 Å². The van der Waals surface area contributed by atoms with Crippen molar-refractivity contribution in [2.24, 2.45) is 11.8 Å². The van der Waals surface area contributed by atoms with Gasteiger partial charge in [0.2, 0.25) is 17.7 Å². The van der Waals surface area contributed by atoms with Crippen molar-refractivity contribution in [2.75, 3.05) is 26.2 Å². The zero-order valence-corrected chi connectivity index (χ0v) is 25.0. The van der Waals surface area contributed by atoms with Crippen molar-refractivity contribution in [2.45, 2.75) is 81.0 Å². The Balaban J connectivity index is 1.64. The summed E-state index contributed by atoms with van der Waals surface area (Å²) in [6, 6.07) is 8.45. The fourth-order valence-corrected chi connectivity index (χ4v) is 9.64. The maximum absolute atomic E-state index is 14.7. The molecule has 4 heterocycles. The molecule has 1 aromatic rings. The molecular formula is C32H43N3O4S. The second-order valence-electron chi connectivity index (χ2n) is 12.0. The molecule has 0 aromatic heterocycles. The van der Waals surface area contributed by atoms with Gasteiger partial charge in [-0.05, 0) is 38.7 Å². The Kier molecular flexibility index (Phi) is 8.22. The number of hydrogen-bond donors (Lipinski definition) is 1. The van der Waals surface area contributed by atoms with Gasteiger partial charge in [0.05, 0.1) is 29.2 Å². The molecule has 0 saturated carbocycles. The van der Waals surface area contributed by atoms with Crippen LogP contribution >= 0.6 is 11.8 Å². The topological polar surface area (TPSA) is 81.2 Å². The molecule has 3 amide bonds. The number of thioether (sulfide) groups is 1. The molecule has 1 spiro atoms. The minimum atomic E-state index is -0.895. The maximum atomic E-state index is 14.7. The lowest BCUT2D eigenvalue weighted by Gasteiger charge is -2.41. The summed E-state index contributed by atoms with van der Waals surface area (Å²) in [5.74, 6) is -1.56. The van der Waals surface area contributed by atoms with Gasteiger partial charge in [-0.1, -0.05) is 74.9 Å². The van der Waals surface area contributed by atoms with Gasteiger partial charge >= 0.3 is 0 Å². The molecule has 7 atom stereocenters. The Bertz CT molecular complexity index is 1190. The molecule has 1 N–H and O–H groups in total. The second kappa shape index (κ2) is 11.4. The average Bonchev–Trinajstić information content (AvgIpc) is 3.21. The van der Waals surface area contributed by atoms with Crippen LogP contribution in [0.5, 0.6) is 0 Å². The number of aliphatic hydroxyl groups excluding tert-OH is 1. The highest BCUT2D eigenvalue weighted by molar-refractivity contribution is 8.02. The van der Waals surface area contributed by atoms with Crippen molar-refractivity contribution in [1.29, 1.82) is 0 Å². The van der Waals surface area contributed by atoms with Gasteiger partial charge in [0.25, 0.3) is 0 Å². The van der Waals surface area contributed by atoms with Crippen LogP contribution in [0.25, 0.3) is 0 Å². The molecule has 40 heavy (non-hydrogen) atoms. The van der Waals surface area contributed by atoms with Crippen LogP contribution in [0, 0.1) is 11.8 Å². The Morgan fingerprint density at radius 2 is 1.70 bits per heavy atom. The number of fused-ring (bicyclic) bond motifs is 2. The minimum Gasteiger partial charge on any atom is -0.394 e. The van der Waals surface area contributed by atoms with Gasteiger partial charge in [-0.2, -0.15) is 0 Å². The largest absolute Gasteiger partial charge is 0.394 e. The third-order valence-corrected chi connectivity index (χ3v) is 11.1. The predicted octanol–water partition coefficient (Wildman–Crippen LogP) is 3.67. The third-order valence-electron chi connectivity index (χ3n) is 9.26. The van der Waals surface area contributed by atoms with E-state index in [0.717, 1.165) is 24.8 Å². The van der Waals surface area contributed by atoms with E-state index in [1.807, 2.05) is 46.2 Å². The number of rotatable bonds is 9. The van der Waals surface area contributed by atoms with Gasteiger partial charge in [-0.3, -0.25) is 14.4 Å². The number of carbonyl (C=O) groups excluding carboxylic acids is 3. The fourth-order valence-electron chi connectivity index (χ4n) is 7.50. The molecule has 4 aliphatic heterocycles. The van der Waals surface area contributed by atoms with Crippen LogP contribution < -0.4 is 0 Å². The first-order valence-corrected chi connectivity index (χ1v) is 15.7. The summed E-state index contributed by atoms with van der Waals surface area (Å²) in [6.07, 6.45) is 11.4. The van der Waals surface area contributed by atoms with E-state index in [1.165, 1.54) is 0 Å². The van der Waals surface area contributed by atoms with E-state index in [4.69, 9.17) is 0 Å². The lowest BCUT2D eigenvalue weighted by molar-refractivity contribution is -0.148. The highest BCUT2D eigenvalue weighted by Crippen LogP contribution is 2.66. The number of likely N-dealkylation sites (tertiary alicyclic amines) is 1. The van der Waals surface area contributed by atoms with Crippen LogP contribution in [0.4, 0.5) is 0 Å². The number of amides is 3. The maximum Gasteiger partial charge on any atom is 0.247 e. The first-order chi connectivity index (χ1) is 19.2. The molecular weight excluding hydrogens is 522 g/mol. The summed E-state index contributed by atoms with van der Waals surface area (Å²) in [7, 11) is 0. The molecule has 0 bridgehead atoms. The standard InChI is InChI=1S/C32H43N3O4S/c1-5-12-22(3)34-19-11-16-32-26(25-28(37)33(17-6-2)18-10-15-31(25,4)40-32)29(38)35(27(32)30(34)39)24(21-36)20-23-13-8-7-9-14-23/h7-11,13-16,22,24-27,36H,5-6,12,17-21H2,1-4H3/t22?,24-,25-,26+,27?,31+,32+/m1/s1. The van der Waals surface area contributed by atoms with Crippen molar-refractivity contribution in [3.8, 4) is 0 Å². The normalized spacial score (nSPS) is 33.0. The summed E-state index contributed by atoms with van der Waals surface area (Å²) in [6.45, 7) is 9.67. The van der Waals surface area contributed by atoms with Crippen molar-refractivity contribution >= 4 is 29.5 Å². The fraction of sp³-hybridized carbons (Fsp3) is 0.594. The molecule has 2 saturated heterocycles. The molecule has 8 heteroatoms. The summed E-state index contributed by atoms with van der Waals surface area (Å²) in [5, 5.41) is 10.7. The molecule has 5 rings (SSSR count). The lowest BCUT2D eigenvalue weighted by Crippen LogP contribution is -2.58. The van der Waals surface area contributed by atoms with Gasteiger partial charge in [0.15, 0.2) is 0 Å². The van der Waals surface area contributed by atoms with Gasteiger partial charge in [0, 0.05) is 30.4 Å². The van der Waals surface area contributed by atoms with Crippen LogP contribution in [0.3, 0.4) is 0 Å². The van der Waals surface area contributed by atoms with Crippen LogP contribution in [0.1, 0.15) is 52.5 Å². The molecule has 1 aromatic carbocycles. The smallest absolute Gasteiger partial charge is 0.247 e. The van der Waals surface area contributed by atoms with Crippen molar-refractivity contribution < 1.29 is 19.5 Å². The Hall–Kier alpha value is -2.58. The monoisotopic (exact) mass is 565 g/mol. The van der Waals surface area contributed by atoms with Crippen LogP contribution in [-0.4, -0.2) is 91.4 Å². The van der Waals surface area contributed by atoms with Crippen molar-refractivity contribution in [1.82, 2.24) is 14.7 Å². The Morgan fingerprint density at radius 1 is 0.975 bits per heavy atom. The molecule has 0 radical (unpaired) electrons. The second-order valence-corrected chi connectivity index (χ2v) is 13.8. The highest BCUT2D eigenvalue weighted by atomic mass is 32.2. The van der Waals surface area contributed by atoms with E-state index in [2.05, 4.69) is 45.9 Å². The number of nitrogens with zero attached hydrogens (tertiary/aromatic N) is 3. The summed E-state index contributed by atoms with van der Waals surface area (Å²) in [4.78, 5) is 49.0. The number of carbonyl (C=O) groups is 3. The average molecular weight is 566 g/mol. The molecule has 7 nitrogen and oxygen atoms in total. The quantitative estimate of drug-likeness (QED) is 0.462. The van der Waals surface area contributed by atoms with Gasteiger partial charge in [-0.15, -0.1) is 11.8 Å². The summed E-state index contributed by atoms with van der Waals surface area (Å²) < 4.78 is -1.51. The molecule has 2 fully saturated rings. The SMILES string of the molecule is CCCC(C)N1CC=C[C@]23S[C@@]4(C)C=CCN(CCC)C(=O)[C@H]4[C@H]2C(=O)N([C@@H](CO)Cc2ccccc2)C3C1=O. The molecule has 216 valence electrons. The third kappa shape index (κ3) is 4.61. The van der Waals surface area contributed by atoms with Crippen LogP contribution in [-0.2, 0) is 20.8 Å². The highest BCUT2D eigenvalue weighted by Gasteiger charge is 2.74. The first-order valence-electron chi connectivity index (χ1n) is 14.8. The Morgan fingerprint density at radius 3 is 2.38 bits per heavy atom. The number of aliphatic hydroxyl groups is 1. The predicted molar refractivity (Wildman–Crippen MR) is 159 cm³/mol.